The van der Waals surface area contributed by atoms with Gasteiger partial charge in [0.25, 0.3) is 0 Å². The molecule has 0 atom stereocenters. The van der Waals surface area contributed by atoms with Gasteiger partial charge in [0.05, 0.1) is 5.69 Å². The van der Waals surface area contributed by atoms with Gasteiger partial charge >= 0.3 is 0 Å². The van der Waals surface area contributed by atoms with Crippen LogP contribution in [0.2, 0.25) is 0 Å². The lowest BCUT2D eigenvalue weighted by atomic mass is 10.2. The van der Waals surface area contributed by atoms with Crippen molar-refractivity contribution in [3.8, 4) is 16.9 Å². The molecule has 0 bridgehead atoms. The molecule has 0 spiro atoms. The molecule has 0 unspecified atom stereocenters. The van der Waals surface area contributed by atoms with Gasteiger partial charge in [-0.3, -0.25) is 19.5 Å². The Balaban J connectivity index is 1.63. The highest BCUT2D eigenvalue weighted by molar-refractivity contribution is 5.94. The van der Waals surface area contributed by atoms with Crippen LogP contribution in [-0.2, 0) is 9.59 Å². The third kappa shape index (κ3) is 4.43. The molecule has 6 nitrogen and oxygen atoms in total. The maximum absolute atomic E-state index is 12.8. The first-order valence-corrected chi connectivity index (χ1v) is 10.4. The van der Waals surface area contributed by atoms with Crippen LogP contribution in [0.4, 0.5) is 5.95 Å². The number of benzene rings is 2. The van der Waals surface area contributed by atoms with Crippen LogP contribution in [-0.4, -0.2) is 38.9 Å². The molecule has 2 aromatic carbocycles. The number of carbonyl (C=O) groups excluding carboxylic acids is 2. The zero-order valence-corrected chi connectivity index (χ0v) is 17.3. The number of nitrogens with one attached hydrogen (secondary N) is 1. The predicted octanol–water partition coefficient (Wildman–Crippen LogP) is 4.19. The molecule has 0 aliphatic heterocycles. The zero-order valence-electron chi connectivity index (χ0n) is 17.3. The van der Waals surface area contributed by atoms with E-state index in [1.807, 2.05) is 79.2 Å². The van der Waals surface area contributed by atoms with Gasteiger partial charge in [-0.05, 0) is 37.5 Å². The van der Waals surface area contributed by atoms with Crippen molar-refractivity contribution in [2.24, 2.45) is 0 Å². The standard InChI is InChI=1S/C24H26N4O2/c1-3-23(30)27(19-12-13-19)16-22(29)26-24-25-21(18-9-5-4-6-10-18)15-28(24)20-11-7-8-17(2)14-20/h4-11,14-15,19H,3,12-13,16H2,1-2H3,(H,25,26,29). The van der Waals surface area contributed by atoms with Crippen LogP contribution in [0, 0.1) is 6.92 Å². The Morgan fingerprint density at radius 2 is 1.90 bits per heavy atom. The van der Waals surface area contributed by atoms with Gasteiger partial charge in [-0.2, -0.15) is 0 Å². The van der Waals surface area contributed by atoms with Gasteiger partial charge in [-0.1, -0.05) is 49.4 Å². The highest BCUT2D eigenvalue weighted by Gasteiger charge is 2.33. The number of nitrogens with zero attached hydrogens (tertiary/aromatic N) is 3. The van der Waals surface area contributed by atoms with Crippen LogP contribution >= 0.6 is 0 Å². The normalized spacial score (nSPS) is 13.1. The fourth-order valence-electron chi connectivity index (χ4n) is 3.52. The summed E-state index contributed by atoms with van der Waals surface area (Å²) in [6.45, 7) is 3.91. The average molecular weight is 402 g/mol. The number of imidazole rings is 1. The summed E-state index contributed by atoms with van der Waals surface area (Å²) >= 11 is 0. The van der Waals surface area contributed by atoms with Crippen LogP contribution < -0.4 is 5.32 Å². The van der Waals surface area contributed by atoms with Gasteiger partial charge in [-0.25, -0.2) is 4.98 Å². The first-order valence-electron chi connectivity index (χ1n) is 10.4. The van der Waals surface area contributed by atoms with Crippen molar-refractivity contribution < 1.29 is 9.59 Å². The second kappa shape index (κ2) is 8.53. The molecular weight excluding hydrogens is 376 g/mol. The number of carbonyl (C=O) groups is 2. The van der Waals surface area contributed by atoms with Gasteiger partial charge in [0.15, 0.2) is 0 Å². The van der Waals surface area contributed by atoms with Crippen LogP contribution in [0.1, 0.15) is 31.7 Å². The van der Waals surface area contributed by atoms with E-state index in [9.17, 15) is 9.59 Å². The van der Waals surface area contributed by atoms with Crippen molar-refractivity contribution in [2.75, 3.05) is 11.9 Å². The van der Waals surface area contributed by atoms with E-state index in [2.05, 4.69) is 10.3 Å². The monoisotopic (exact) mass is 402 g/mol. The summed E-state index contributed by atoms with van der Waals surface area (Å²) in [5, 5.41) is 2.93. The molecule has 1 aliphatic rings. The predicted molar refractivity (Wildman–Crippen MR) is 117 cm³/mol. The highest BCUT2D eigenvalue weighted by Crippen LogP contribution is 2.28. The van der Waals surface area contributed by atoms with E-state index in [0.29, 0.717) is 12.4 Å². The molecule has 154 valence electrons. The number of rotatable bonds is 7. The fraction of sp³-hybridized carbons (Fsp3) is 0.292. The lowest BCUT2D eigenvalue weighted by Crippen LogP contribution is -2.39. The van der Waals surface area contributed by atoms with E-state index in [1.54, 1.807) is 4.90 Å². The third-order valence-electron chi connectivity index (χ3n) is 5.23. The molecule has 1 aromatic heterocycles. The largest absolute Gasteiger partial charge is 0.330 e. The van der Waals surface area contributed by atoms with Crippen LogP contribution in [0.15, 0.2) is 60.8 Å². The minimum Gasteiger partial charge on any atom is -0.330 e. The lowest BCUT2D eigenvalue weighted by Gasteiger charge is -2.21. The number of amides is 2. The Kier molecular flexibility index (Phi) is 5.65. The number of aryl methyl sites for hydroxylation is 1. The first-order chi connectivity index (χ1) is 14.5. The lowest BCUT2D eigenvalue weighted by molar-refractivity contribution is -0.135. The number of hydrogen-bond donors (Lipinski definition) is 1. The molecule has 3 aromatic rings. The van der Waals surface area contributed by atoms with Gasteiger partial charge < -0.3 is 4.90 Å². The number of anilines is 1. The molecule has 0 radical (unpaired) electrons. The Labute approximate surface area is 176 Å². The second-order valence-electron chi connectivity index (χ2n) is 7.68. The summed E-state index contributed by atoms with van der Waals surface area (Å²) in [5.74, 6) is 0.228. The second-order valence-corrected chi connectivity index (χ2v) is 7.68. The Bertz CT molecular complexity index is 1050. The van der Waals surface area contributed by atoms with E-state index >= 15 is 0 Å². The quantitative estimate of drug-likeness (QED) is 0.644. The van der Waals surface area contributed by atoms with E-state index in [0.717, 1.165) is 35.3 Å². The minimum absolute atomic E-state index is 0.0136. The molecule has 4 rings (SSSR count). The molecule has 1 N–H and O–H groups in total. The smallest absolute Gasteiger partial charge is 0.246 e. The number of aromatic nitrogens is 2. The molecule has 1 aliphatic carbocycles. The fourth-order valence-corrected chi connectivity index (χ4v) is 3.52. The Morgan fingerprint density at radius 1 is 1.13 bits per heavy atom. The van der Waals surface area contributed by atoms with Crippen molar-refractivity contribution in [1.29, 1.82) is 0 Å². The Hall–Kier alpha value is -3.41. The van der Waals surface area contributed by atoms with Gasteiger partial charge in [0.1, 0.15) is 6.54 Å². The topological polar surface area (TPSA) is 67.2 Å². The summed E-state index contributed by atoms with van der Waals surface area (Å²) in [6, 6.07) is 18.1. The van der Waals surface area contributed by atoms with Gasteiger partial charge in [0.2, 0.25) is 17.8 Å². The molecule has 0 saturated heterocycles. The molecule has 30 heavy (non-hydrogen) atoms. The van der Waals surface area contributed by atoms with Crippen molar-refractivity contribution in [1.82, 2.24) is 14.5 Å². The van der Waals surface area contributed by atoms with E-state index in [4.69, 9.17) is 0 Å². The average Bonchev–Trinajstić information content (AvgIpc) is 3.52. The molecule has 1 heterocycles. The SMILES string of the molecule is CCC(=O)N(CC(=O)Nc1nc(-c2ccccc2)cn1-c1cccc(C)c1)C1CC1. The first kappa shape index (κ1) is 19.9. The summed E-state index contributed by atoms with van der Waals surface area (Å²) in [6.07, 6.45) is 4.26. The summed E-state index contributed by atoms with van der Waals surface area (Å²) in [7, 11) is 0. The van der Waals surface area contributed by atoms with Crippen LogP contribution in [0.5, 0.6) is 0 Å². The molecule has 6 heteroatoms. The maximum atomic E-state index is 12.8. The van der Waals surface area contributed by atoms with Crippen LogP contribution in [0.25, 0.3) is 16.9 Å². The Morgan fingerprint density at radius 3 is 2.57 bits per heavy atom. The van der Waals surface area contributed by atoms with E-state index in [1.165, 1.54) is 0 Å². The van der Waals surface area contributed by atoms with Gasteiger partial charge in [0, 0.05) is 29.9 Å². The van der Waals surface area contributed by atoms with Crippen molar-refractivity contribution in [3.05, 3.63) is 66.4 Å². The summed E-state index contributed by atoms with van der Waals surface area (Å²) in [5.41, 5.74) is 3.79. The van der Waals surface area contributed by atoms with Crippen molar-refractivity contribution in [3.63, 3.8) is 0 Å². The number of hydrogen-bond acceptors (Lipinski definition) is 3. The molecular formula is C24H26N4O2. The molecule has 1 saturated carbocycles. The van der Waals surface area contributed by atoms with Gasteiger partial charge in [-0.15, -0.1) is 0 Å². The summed E-state index contributed by atoms with van der Waals surface area (Å²) < 4.78 is 1.89. The molecule has 1 fully saturated rings. The maximum Gasteiger partial charge on any atom is 0.246 e. The third-order valence-corrected chi connectivity index (χ3v) is 5.23. The highest BCUT2D eigenvalue weighted by atomic mass is 16.2. The zero-order chi connectivity index (χ0) is 21.1. The summed E-state index contributed by atoms with van der Waals surface area (Å²) in [4.78, 5) is 31.4. The van der Waals surface area contributed by atoms with E-state index in [-0.39, 0.29) is 24.4 Å². The molecule has 2 amide bonds. The van der Waals surface area contributed by atoms with E-state index < -0.39 is 0 Å². The van der Waals surface area contributed by atoms with Crippen molar-refractivity contribution in [2.45, 2.75) is 39.2 Å². The van der Waals surface area contributed by atoms with Crippen molar-refractivity contribution >= 4 is 17.8 Å². The van der Waals surface area contributed by atoms with Crippen LogP contribution in [0.3, 0.4) is 0 Å². The minimum atomic E-state index is -0.234.